The molecule has 0 radical (unpaired) electrons. The molecule has 4 heterocycles. The lowest BCUT2D eigenvalue weighted by Gasteiger charge is -2.43. The molecule has 1 saturated carbocycles. The smallest absolute Gasteiger partial charge is 0.282 e. The van der Waals surface area contributed by atoms with Crippen LogP contribution in [0.25, 0.3) is 0 Å². The van der Waals surface area contributed by atoms with Crippen LogP contribution in [0.2, 0.25) is 0 Å². The number of carbonyl (C=O) groups excluding carboxylic acids is 1. The number of nitrogens with two attached hydrogens (primary N) is 1. The van der Waals surface area contributed by atoms with Crippen molar-refractivity contribution < 1.29 is 17.7 Å². The lowest BCUT2D eigenvalue weighted by Crippen LogP contribution is -2.58. The molecule has 5 rings (SSSR count). The molecule has 4 fully saturated rings. The van der Waals surface area contributed by atoms with Gasteiger partial charge in [0.1, 0.15) is 5.76 Å². The average molecular weight is 438 g/mol. The van der Waals surface area contributed by atoms with E-state index in [1.165, 1.54) is 0 Å². The van der Waals surface area contributed by atoms with Crippen molar-refractivity contribution in [3.63, 3.8) is 0 Å². The second-order valence-electron chi connectivity index (χ2n) is 9.81. The van der Waals surface area contributed by atoms with E-state index in [4.69, 9.17) is 10.3 Å². The van der Waals surface area contributed by atoms with Gasteiger partial charge in [-0.15, -0.1) is 0 Å². The number of nitrogens with zero attached hydrogens (tertiary/aromatic N) is 3. The summed E-state index contributed by atoms with van der Waals surface area (Å²) >= 11 is 0. The Hall–Kier alpha value is -1.49. The summed E-state index contributed by atoms with van der Waals surface area (Å²) in [4.78, 5) is 12.6. The Labute approximate surface area is 177 Å². The highest BCUT2D eigenvalue weighted by Crippen LogP contribution is 2.41. The Morgan fingerprint density at radius 1 is 1.20 bits per heavy atom. The molecule has 1 aliphatic carbocycles. The van der Waals surface area contributed by atoms with Crippen LogP contribution in [0.4, 0.5) is 0 Å². The molecule has 3 N–H and O–H groups in total. The van der Waals surface area contributed by atoms with E-state index in [-0.39, 0.29) is 29.6 Å². The number of hydrogen-bond acceptors (Lipinski definition) is 6. The van der Waals surface area contributed by atoms with Crippen LogP contribution < -0.4 is 11.1 Å². The van der Waals surface area contributed by atoms with Crippen LogP contribution in [0.1, 0.15) is 80.5 Å². The van der Waals surface area contributed by atoms with Gasteiger partial charge in [0.25, 0.3) is 16.1 Å². The molecular formula is C20H31N5O4S. The fourth-order valence-electron chi connectivity index (χ4n) is 5.21. The van der Waals surface area contributed by atoms with Gasteiger partial charge in [0.2, 0.25) is 0 Å². The Morgan fingerprint density at radius 2 is 1.83 bits per heavy atom. The Morgan fingerprint density at radius 3 is 2.43 bits per heavy atom. The predicted octanol–water partition coefficient (Wildman–Crippen LogP) is 1.34. The first-order chi connectivity index (χ1) is 14.2. The normalized spacial score (nSPS) is 32.3. The lowest BCUT2D eigenvalue weighted by atomic mass is 9.92. The topological polar surface area (TPSA) is 122 Å². The van der Waals surface area contributed by atoms with Crippen LogP contribution >= 0.6 is 0 Å². The van der Waals surface area contributed by atoms with Crippen molar-refractivity contribution in [1.82, 2.24) is 19.1 Å². The number of nitrogens with one attached hydrogen (secondary N) is 1. The Balaban J connectivity index is 1.23. The van der Waals surface area contributed by atoms with Crippen molar-refractivity contribution in [2.24, 2.45) is 5.73 Å². The van der Waals surface area contributed by atoms with Gasteiger partial charge in [-0.25, -0.2) is 0 Å². The molecule has 1 unspecified atom stereocenters. The zero-order chi connectivity index (χ0) is 21.1. The molecule has 2 bridgehead atoms. The maximum atomic E-state index is 13.3. The molecule has 1 aromatic rings. The second-order valence-corrected chi connectivity index (χ2v) is 11.6. The molecule has 3 aliphatic heterocycles. The second kappa shape index (κ2) is 7.29. The molecule has 3 atom stereocenters. The summed E-state index contributed by atoms with van der Waals surface area (Å²) in [5.74, 6) is 0.969. The monoisotopic (exact) mass is 437 g/mol. The van der Waals surface area contributed by atoms with Gasteiger partial charge in [-0.2, -0.15) is 17.0 Å². The first kappa shape index (κ1) is 20.4. The summed E-state index contributed by atoms with van der Waals surface area (Å²) in [5.41, 5.74) is 6.20. The van der Waals surface area contributed by atoms with Crippen LogP contribution in [0.15, 0.2) is 10.6 Å². The molecule has 1 aromatic heterocycles. The molecule has 0 aromatic carbocycles. The van der Waals surface area contributed by atoms with E-state index in [0.29, 0.717) is 50.4 Å². The minimum Gasteiger partial charge on any atom is -0.360 e. The van der Waals surface area contributed by atoms with Crippen molar-refractivity contribution in [3.05, 3.63) is 17.5 Å². The van der Waals surface area contributed by atoms with E-state index in [1.54, 1.807) is 14.7 Å². The van der Waals surface area contributed by atoms with Crippen LogP contribution in [0.3, 0.4) is 0 Å². The minimum absolute atomic E-state index is 0.0452. The Bertz CT molecular complexity index is 901. The van der Waals surface area contributed by atoms with Gasteiger partial charge in [0, 0.05) is 48.7 Å². The van der Waals surface area contributed by atoms with Gasteiger partial charge in [0.15, 0.2) is 5.69 Å². The third-order valence-corrected chi connectivity index (χ3v) is 9.35. The highest BCUT2D eigenvalue weighted by atomic mass is 32.2. The van der Waals surface area contributed by atoms with Gasteiger partial charge in [0.05, 0.1) is 0 Å². The van der Waals surface area contributed by atoms with Gasteiger partial charge in [-0.1, -0.05) is 5.16 Å². The highest BCUT2D eigenvalue weighted by molar-refractivity contribution is 7.86. The zero-order valence-electron chi connectivity index (χ0n) is 17.4. The quantitative estimate of drug-likeness (QED) is 0.717. The van der Waals surface area contributed by atoms with Gasteiger partial charge >= 0.3 is 0 Å². The molecule has 0 spiro atoms. The average Bonchev–Trinajstić information content (AvgIpc) is 3.34. The van der Waals surface area contributed by atoms with Crippen molar-refractivity contribution in [2.45, 2.75) is 87.9 Å². The number of amides is 1. The molecule has 10 heteroatoms. The number of hydrogen-bond donors (Lipinski definition) is 2. The molecule has 30 heavy (non-hydrogen) atoms. The summed E-state index contributed by atoms with van der Waals surface area (Å²) < 4.78 is 35.3. The van der Waals surface area contributed by atoms with E-state index >= 15 is 0 Å². The molecule has 9 nitrogen and oxygen atoms in total. The van der Waals surface area contributed by atoms with E-state index in [1.807, 2.05) is 6.92 Å². The van der Waals surface area contributed by atoms with Crippen LogP contribution in [-0.2, 0) is 10.2 Å². The molecule has 4 aliphatic rings. The highest BCUT2D eigenvalue weighted by Gasteiger charge is 2.49. The number of rotatable bonds is 5. The van der Waals surface area contributed by atoms with E-state index in [0.717, 1.165) is 31.4 Å². The number of aromatic nitrogens is 1. The van der Waals surface area contributed by atoms with Crippen LogP contribution in [0, 0.1) is 0 Å². The van der Waals surface area contributed by atoms with E-state index in [9.17, 15) is 13.2 Å². The standard InChI is InChI=1S/C20H31N5O4S/c1-20(21)6-8-24(9-7-20)30(27,28)25-15-4-5-16(25)11-14(10-15)22-19(26)17-12-18(29-23-17)13-2-3-13/h12-16H,2-11,21H2,1H3,(H,22,26)/t14?,15-,16+. The van der Waals surface area contributed by atoms with Gasteiger partial charge in [-0.05, 0) is 58.3 Å². The van der Waals surface area contributed by atoms with Crippen molar-refractivity contribution >= 4 is 16.1 Å². The summed E-state index contributed by atoms with van der Waals surface area (Å²) in [6, 6.07) is 1.56. The molecule has 1 amide bonds. The number of carbonyl (C=O) groups is 1. The predicted molar refractivity (Wildman–Crippen MR) is 110 cm³/mol. The number of piperidine rings is 2. The van der Waals surface area contributed by atoms with Gasteiger partial charge < -0.3 is 15.6 Å². The van der Waals surface area contributed by atoms with Crippen molar-refractivity contribution in [1.29, 1.82) is 0 Å². The fourth-order valence-corrected chi connectivity index (χ4v) is 7.25. The first-order valence-electron chi connectivity index (χ1n) is 11.1. The SMILES string of the molecule is CC1(N)CCN(S(=O)(=O)N2[C@@H]3CC[C@H]2CC(NC(=O)c2cc(C4CC4)on2)C3)CC1. The van der Waals surface area contributed by atoms with E-state index in [2.05, 4.69) is 10.5 Å². The molecule has 166 valence electrons. The van der Waals surface area contributed by atoms with Crippen LogP contribution in [-0.4, -0.2) is 64.8 Å². The first-order valence-corrected chi connectivity index (χ1v) is 12.5. The number of fused-ring (bicyclic) bond motifs is 2. The third-order valence-electron chi connectivity index (χ3n) is 7.20. The van der Waals surface area contributed by atoms with Gasteiger partial charge in [-0.3, -0.25) is 4.79 Å². The maximum absolute atomic E-state index is 13.3. The summed E-state index contributed by atoms with van der Waals surface area (Å²) in [7, 11) is -3.50. The van der Waals surface area contributed by atoms with Crippen LogP contribution in [0.5, 0.6) is 0 Å². The largest absolute Gasteiger partial charge is 0.360 e. The van der Waals surface area contributed by atoms with E-state index < -0.39 is 10.2 Å². The zero-order valence-corrected chi connectivity index (χ0v) is 18.2. The third kappa shape index (κ3) is 3.79. The minimum atomic E-state index is -3.50. The fraction of sp³-hybridized carbons (Fsp3) is 0.800. The summed E-state index contributed by atoms with van der Waals surface area (Å²) in [6.45, 7) is 2.93. The van der Waals surface area contributed by atoms with Crippen molar-refractivity contribution in [2.75, 3.05) is 13.1 Å². The molecular weight excluding hydrogens is 406 g/mol. The van der Waals surface area contributed by atoms with Crippen molar-refractivity contribution in [3.8, 4) is 0 Å². The Kier molecular flexibility index (Phi) is 4.96. The summed E-state index contributed by atoms with van der Waals surface area (Å²) in [5, 5.41) is 6.97. The summed E-state index contributed by atoms with van der Waals surface area (Å²) in [6.07, 6.45) is 6.49. The lowest BCUT2D eigenvalue weighted by molar-refractivity contribution is 0.0897. The maximum Gasteiger partial charge on any atom is 0.282 e. The molecule has 3 saturated heterocycles.